The summed E-state index contributed by atoms with van der Waals surface area (Å²) in [5, 5.41) is 0. The molecule has 2 aromatic rings. The summed E-state index contributed by atoms with van der Waals surface area (Å²) in [6, 6.07) is 17.8. The maximum atomic E-state index is 5.16. The van der Waals surface area contributed by atoms with Crippen molar-refractivity contribution in [2.45, 2.75) is 91.9 Å². The van der Waals surface area contributed by atoms with Crippen LogP contribution in [0.25, 0.3) is 0 Å². The lowest BCUT2D eigenvalue weighted by Gasteiger charge is -2.28. The smallest absolute Gasteiger partial charge is 0.156 e. The van der Waals surface area contributed by atoms with E-state index in [1.54, 1.807) is 0 Å². The van der Waals surface area contributed by atoms with Crippen molar-refractivity contribution in [1.29, 1.82) is 0 Å². The first-order valence-corrected chi connectivity index (χ1v) is 14.2. The van der Waals surface area contributed by atoms with E-state index in [0.717, 1.165) is 36.5 Å². The van der Waals surface area contributed by atoms with E-state index in [4.69, 9.17) is 4.99 Å². The molecule has 0 fully saturated rings. The number of rotatable bonds is 13. The van der Waals surface area contributed by atoms with E-state index >= 15 is 0 Å². The first kappa shape index (κ1) is 30.4. The Morgan fingerprint density at radius 3 is 2.32 bits per heavy atom. The van der Waals surface area contributed by atoms with Crippen LogP contribution in [0, 0.1) is 0 Å². The van der Waals surface area contributed by atoms with Crippen LogP contribution in [0.5, 0.6) is 0 Å². The molecule has 0 radical (unpaired) electrons. The highest BCUT2D eigenvalue weighted by molar-refractivity contribution is 5.81. The second kappa shape index (κ2) is 14.8. The molecule has 2 rings (SSSR count). The number of likely N-dealkylation sites (N-methyl/N-ethyl adjacent to an activating group) is 1. The zero-order chi connectivity index (χ0) is 27.4. The molecule has 1 atom stereocenters. The second-order valence-corrected chi connectivity index (χ2v) is 11.2. The van der Waals surface area contributed by atoms with Crippen LogP contribution in [-0.2, 0) is 5.41 Å². The lowest BCUT2D eigenvalue weighted by molar-refractivity contribution is 0.412. The van der Waals surface area contributed by atoms with Gasteiger partial charge in [-0.2, -0.15) is 0 Å². The minimum absolute atomic E-state index is 0.102. The Labute approximate surface area is 228 Å². The zero-order valence-corrected chi connectivity index (χ0v) is 25.0. The number of benzene rings is 2. The zero-order valence-electron chi connectivity index (χ0n) is 25.0. The number of nitrogens with zero attached hydrogens (tertiary/aromatic N) is 3. The second-order valence-electron chi connectivity index (χ2n) is 11.2. The molecule has 2 aromatic carbocycles. The molecule has 0 bridgehead atoms. The van der Waals surface area contributed by atoms with Crippen molar-refractivity contribution < 1.29 is 0 Å². The highest BCUT2D eigenvalue weighted by atomic mass is 15.2. The van der Waals surface area contributed by atoms with Gasteiger partial charge in [0.05, 0.1) is 5.70 Å². The van der Waals surface area contributed by atoms with Crippen molar-refractivity contribution >= 4 is 11.9 Å². The van der Waals surface area contributed by atoms with Gasteiger partial charge in [-0.25, -0.2) is 4.99 Å². The van der Waals surface area contributed by atoms with Crippen LogP contribution in [0.2, 0.25) is 0 Å². The Bertz CT molecular complexity index is 1050. The monoisotopic (exact) mass is 501 g/mol. The fourth-order valence-corrected chi connectivity index (χ4v) is 4.66. The van der Waals surface area contributed by atoms with E-state index in [2.05, 4.69) is 133 Å². The Hall–Kier alpha value is -2.81. The molecule has 0 aliphatic rings. The van der Waals surface area contributed by atoms with Crippen LogP contribution in [0.1, 0.15) is 103 Å². The third-order valence-corrected chi connectivity index (χ3v) is 7.08. The first-order chi connectivity index (χ1) is 17.7. The maximum absolute atomic E-state index is 5.16. The largest absolute Gasteiger partial charge is 0.372 e. The van der Waals surface area contributed by atoms with Gasteiger partial charge in [0.25, 0.3) is 0 Å². The Kier molecular flexibility index (Phi) is 12.2. The Morgan fingerprint density at radius 1 is 0.973 bits per heavy atom. The van der Waals surface area contributed by atoms with E-state index < -0.39 is 0 Å². The van der Waals surface area contributed by atoms with Crippen LogP contribution in [-0.4, -0.2) is 31.8 Å². The summed E-state index contributed by atoms with van der Waals surface area (Å²) in [5.74, 6) is 1.55. The molecule has 0 saturated heterocycles. The first-order valence-electron chi connectivity index (χ1n) is 14.2. The van der Waals surface area contributed by atoms with E-state index in [1.807, 2.05) is 6.21 Å². The predicted octanol–water partition coefficient (Wildman–Crippen LogP) is 9.31. The number of anilines is 1. The summed E-state index contributed by atoms with van der Waals surface area (Å²) >= 11 is 0. The maximum Gasteiger partial charge on any atom is 0.156 e. The average molecular weight is 502 g/mol. The van der Waals surface area contributed by atoms with Gasteiger partial charge in [-0.1, -0.05) is 90.8 Å². The highest BCUT2D eigenvalue weighted by Gasteiger charge is 2.17. The highest BCUT2D eigenvalue weighted by Crippen LogP contribution is 2.30. The van der Waals surface area contributed by atoms with Crippen LogP contribution in [0.3, 0.4) is 0 Å². The number of allylic oxidation sites excluding steroid dienone is 2. The Morgan fingerprint density at radius 2 is 1.70 bits per heavy atom. The van der Waals surface area contributed by atoms with Crippen LogP contribution in [0.15, 0.2) is 77.2 Å². The van der Waals surface area contributed by atoms with Gasteiger partial charge >= 0.3 is 0 Å². The fourth-order valence-electron chi connectivity index (χ4n) is 4.66. The van der Waals surface area contributed by atoms with Crippen molar-refractivity contribution in [3.05, 3.63) is 88.9 Å². The average Bonchev–Trinajstić information content (AvgIpc) is 2.89. The molecule has 3 nitrogen and oxygen atoms in total. The summed E-state index contributed by atoms with van der Waals surface area (Å²) in [6.07, 6.45) is 12.2. The number of hydrogen-bond acceptors (Lipinski definition) is 3. The molecular weight excluding hydrogens is 450 g/mol. The lowest BCUT2D eigenvalue weighted by Crippen LogP contribution is -2.25. The van der Waals surface area contributed by atoms with Gasteiger partial charge in [0.2, 0.25) is 0 Å². The molecule has 0 saturated carbocycles. The summed E-state index contributed by atoms with van der Waals surface area (Å²) < 4.78 is 0. The molecule has 3 heteroatoms. The lowest BCUT2D eigenvalue weighted by atomic mass is 9.86. The minimum Gasteiger partial charge on any atom is -0.372 e. The molecule has 0 heterocycles. The van der Waals surface area contributed by atoms with Crippen LogP contribution in [0.4, 0.5) is 5.69 Å². The van der Waals surface area contributed by atoms with Crippen molar-refractivity contribution in [2.24, 2.45) is 4.99 Å². The molecule has 0 N–H and O–H groups in total. The van der Waals surface area contributed by atoms with Gasteiger partial charge < -0.3 is 9.80 Å². The van der Waals surface area contributed by atoms with Gasteiger partial charge in [0.15, 0.2) is 5.82 Å². The normalized spacial score (nSPS) is 13.8. The SMILES string of the molecule is C/C=C\C(=C(/N=Cc1cccc(C(C)(C)C)c1)N(C)c1cccc(C(CC)CCC)c1)N(C)CCCC. The molecular formula is C34H51N3. The molecule has 202 valence electrons. The molecule has 0 aliphatic heterocycles. The van der Waals surface area contributed by atoms with Gasteiger partial charge in [0.1, 0.15) is 0 Å². The summed E-state index contributed by atoms with van der Waals surface area (Å²) in [4.78, 5) is 9.76. The van der Waals surface area contributed by atoms with Gasteiger partial charge in [0, 0.05) is 32.5 Å². The summed E-state index contributed by atoms with van der Waals surface area (Å²) in [7, 11) is 4.33. The van der Waals surface area contributed by atoms with Gasteiger partial charge in [-0.15, -0.1) is 0 Å². The molecule has 1 unspecified atom stereocenters. The van der Waals surface area contributed by atoms with Crippen LogP contribution >= 0.6 is 0 Å². The summed E-state index contributed by atoms with van der Waals surface area (Å²) in [6.45, 7) is 16.7. The van der Waals surface area contributed by atoms with Gasteiger partial charge in [-0.3, -0.25) is 0 Å². The molecule has 0 spiro atoms. The van der Waals surface area contributed by atoms with Crippen LogP contribution < -0.4 is 4.90 Å². The van der Waals surface area contributed by atoms with E-state index in [1.165, 1.54) is 36.1 Å². The minimum atomic E-state index is 0.102. The molecule has 0 aromatic heterocycles. The molecule has 0 aliphatic carbocycles. The number of unbranched alkanes of at least 4 members (excludes halogenated alkanes) is 1. The van der Waals surface area contributed by atoms with E-state index in [9.17, 15) is 0 Å². The van der Waals surface area contributed by atoms with Crippen molar-refractivity contribution in [1.82, 2.24) is 4.90 Å². The van der Waals surface area contributed by atoms with Crippen molar-refractivity contribution in [3.63, 3.8) is 0 Å². The Balaban J connectivity index is 2.61. The van der Waals surface area contributed by atoms with Crippen molar-refractivity contribution in [2.75, 3.05) is 25.5 Å². The quantitative estimate of drug-likeness (QED) is 0.201. The molecule has 37 heavy (non-hydrogen) atoms. The number of hydrogen-bond donors (Lipinski definition) is 0. The fraction of sp³-hybridized carbons (Fsp3) is 0.500. The van der Waals surface area contributed by atoms with Gasteiger partial charge in [-0.05, 0) is 78.5 Å². The number of aliphatic imine (C=N–C) groups is 1. The predicted molar refractivity (Wildman–Crippen MR) is 165 cm³/mol. The summed E-state index contributed by atoms with van der Waals surface area (Å²) in [5.41, 5.74) is 6.27. The third kappa shape index (κ3) is 8.91. The third-order valence-electron chi connectivity index (χ3n) is 7.08. The van der Waals surface area contributed by atoms with E-state index in [-0.39, 0.29) is 5.41 Å². The molecule has 0 amide bonds. The van der Waals surface area contributed by atoms with Crippen molar-refractivity contribution in [3.8, 4) is 0 Å². The topological polar surface area (TPSA) is 18.8 Å². The van der Waals surface area contributed by atoms with E-state index in [0.29, 0.717) is 5.92 Å². The standard InChI is InChI=1S/C34H51N3/c1-10-14-23-36(8)32(18-12-3)33(35-26-27-19-15-21-30(24-27)34(5,6)7)37(9)31-22-16-20-29(25-31)28(13-4)17-11-2/h12,15-16,18-22,24-26,28H,10-11,13-14,17,23H2,1-9H3/b18-12-,33-32-,35-26?.